The minimum Gasteiger partial charge on any atom is -0.395 e. The molecule has 1 aromatic carbocycles. The molecular formula is C13H22N2O. The van der Waals surface area contributed by atoms with Gasteiger partial charge in [0.25, 0.3) is 0 Å². The molecule has 1 rings (SSSR count). The molecule has 1 unspecified atom stereocenters. The number of nitrogens with zero attached hydrogens (tertiary/aromatic N) is 1. The first-order chi connectivity index (χ1) is 7.67. The van der Waals surface area contributed by atoms with Gasteiger partial charge in [-0.2, -0.15) is 0 Å². The lowest BCUT2D eigenvalue weighted by Gasteiger charge is -2.22. The van der Waals surface area contributed by atoms with Crippen molar-refractivity contribution in [3.8, 4) is 0 Å². The van der Waals surface area contributed by atoms with E-state index in [9.17, 15) is 0 Å². The second kappa shape index (κ2) is 6.51. The van der Waals surface area contributed by atoms with E-state index in [1.807, 2.05) is 7.05 Å². The summed E-state index contributed by atoms with van der Waals surface area (Å²) >= 11 is 0. The van der Waals surface area contributed by atoms with Crippen molar-refractivity contribution in [1.82, 2.24) is 5.32 Å². The molecule has 2 N–H and O–H groups in total. The van der Waals surface area contributed by atoms with Gasteiger partial charge in [0.1, 0.15) is 0 Å². The number of hydrogen-bond acceptors (Lipinski definition) is 3. The maximum absolute atomic E-state index is 9.06. The average molecular weight is 222 g/mol. The van der Waals surface area contributed by atoms with Crippen LogP contribution in [0.25, 0.3) is 0 Å². The second-order valence-electron chi connectivity index (χ2n) is 4.21. The summed E-state index contributed by atoms with van der Waals surface area (Å²) in [5, 5.41) is 12.2. The highest BCUT2D eigenvalue weighted by atomic mass is 16.3. The predicted molar refractivity (Wildman–Crippen MR) is 69.0 cm³/mol. The molecule has 0 aliphatic heterocycles. The molecule has 3 nitrogen and oxygen atoms in total. The molecule has 1 aromatic rings. The summed E-state index contributed by atoms with van der Waals surface area (Å²) in [7, 11) is 3.96. The van der Waals surface area contributed by atoms with Crippen LogP contribution < -0.4 is 10.2 Å². The van der Waals surface area contributed by atoms with Crippen LogP contribution in [-0.4, -0.2) is 38.4 Å². The minimum absolute atomic E-state index is 0.188. The predicted octanol–water partition coefficient (Wildman–Crippen LogP) is 1.40. The Morgan fingerprint density at radius 3 is 2.44 bits per heavy atom. The molecule has 1 atom stereocenters. The van der Waals surface area contributed by atoms with E-state index in [0.717, 1.165) is 13.0 Å². The van der Waals surface area contributed by atoms with Crippen molar-refractivity contribution in [2.24, 2.45) is 0 Å². The maximum Gasteiger partial charge on any atom is 0.0585 e. The normalized spacial score (nSPS) is 12.5. The van der Waals surface area contributed by atoms with Crippen molar-refractivity contribution in [1.29, 1.82) is 0 Å². The van der Waals surface area contributed by atoms with E-state index in [-0.39, 0.29) is 12.6 Å². The lowest BCUT2D eigenvalue weighted by molar-refractivity contribution is 0.243. The van der Waals surface area contributed by atoms with Crippen molar-refractivity contribution in [3.05, 3.63) is 29.8 Å². The lowest BCUT2D eigenvalue weighted by Crippen LogP contribution is -2.33. The molecule has 0 aromatic heterocycles. The van der Waals surface area contributed by atoms with Gasteiger partial charge in [0.2, 0.25) is 0 Å². The van der Waals surface area contributed by atoms with Crippen LogP contribution in [0, 0.1) is 6.92 Å². The van der Waals surface area contributed by atoms with Crippen molar-refractivity contribution in [2.75, 3.05) is 32.1 Å². The average Bonchev–Trinajstić information content (AvgIpc) is 2.31. The number of nitrogens with one attached hydrogen (secondary N) is 1. The van der Waals surface area contributed by atoms with Crippen molar-refractivity contribution in [2.45, 2.75) is 19.4 Å². The van der Waals surface area contributed by atoms with E-state index in [2.05, 4.69) is 48.5 Å². The van der Waals surface area contributed by atoms with Gasteiger partial charge in [-0.1, -0.05) is 17.7 Å². The van der Waals surface area contributed by atoms with Gasteiger partial charge in [-0.05, 0) is 32.5 Å². The fourth-order valence-electron chi connectivity index (χ4n) is 1.60. The molecular weight excluding hydrogens is 200 g/mol. The molecule has 0 aliphatic rings. The first-order valence-corrected chi connectivity index (χ1v) is 5.73. The summed E-state index contributed by atoms with van der Waals surface area (Å²) in [6.07, 6.45) is 0.942. The van der Waals surface area contributed by atoms with E-state index in [4.69, 9.17) is 5.11 Å². The standard InChI is InChI=1S/C13H22N2O/c1-11-4-6-13(7-5-11)15(3)9-8-12(10-16)14-2/h4-7,12,14,16H,8-10H2,1-3H3. The van der Waals surface area contributed by atoms with Crippen LogP contribution in [0.5, 0.6) is 0 Å². The van der Waals surface area contributed by atoms with Crippen LogP contribution in [0.15, 0.2) is 24.3 Å². The molecule has 0 saturated heterocycles. The molecule has 0 aliphatic carbocycles. The first kappa shape index (κ1) is 13.0. The van der Waals surface area contributed by atoms with Gasteiger partial charge in [0.05, 0.1) is 6.61 Å². The number of aliphatic hydroxyl groups is 1. The highest BCUT2D eigenvalue weighted by Crippen LogP contribution is 2.13. The van der Waals surface area contributed by atoms with Gasteiger partial charge in [0.15, 0.2) is 0 Å². The van der Waals surface area contributed by atoms with Crippen LogP contribution in [0.3, 0.4) is 0 Å². The van der Waals surface area contributed by atoms with Crippen molar-refractivity contribution < 1.29 is 5.11 Å². The monoisotopic (exact) mass is 222 g/mol. The zero-order valence-electron chi connectivity index (χ0n) is 10.4. The van der Waals surface area contributed by atoms with Crippen LogP contribution in [0.4, 0.5) is 5.69 Å². The van der Waals surface area contributed by atoms with Gasteiger partial charge in [0, 0.05) is 25.3 Å². The van der Waals surface area contributed by atoms with Crippen molar-refractivity contribution >= 4 is 5.69 Å². The van der Waals surface area contributed by atoms with Crippen LogP contribution in [0.2, 0.25) is 0 Å². The number of aryl methyl sites for hydroxylation is 1. The molecule has 0 saturated carbocycles. The minimum atomic E-state index is 0.188. The Balaban J connectivity index is 2.46. The topological polar surface area (TPSA) is 35.5 Å². The van der Waals surface area contributed by atoms with E-state index in [1.165, 1.54) is 11.3 Å². The summed E-state index contributed by atoms with van der Waals surface area (Å²) in [6.45, 7) is 3.22. The van der Waals surface area contributed by atoms with Gasteiger partial charge in [-0.25, -0.2) is 0 Å². The number of aliphatic hydroxyl groups excluding tert-OH is 1. The molecule has 16 heavy (non-hydrogen) atoms. The lowest BCUT2D eigenvalue weighted by atomic mass is 10.2. The number of hydrogen-bond donors (Lipinski definition) is 2. The maximum atomic E-state index is 9.06. The molecule has 90 valence electrons. The Morgan fingerprint density at radius 1 is 1.31 bits per heavy atom. The second-order valence-corrected chi connectivity index (χ2v) is 4.21. The SMILES string of the molecule is CNC(CO)CCN(C)c1ccc(C)cc1. The fraction of sp³-hybridized carbons (Fsp3) is 0.538. The van der Waals surface area contributed by atoms with Gasteiger partial charge >= 0.3 is 0 Å². The zero-order chi connectivity index (χ0) is 12.0. The smallest absolute Gasteiger partial charge is 0.0585 e. The molecule has 0 fully saturated rings. The fourth-order valence-corrected chi connectivity index (χ4v) is 1.60. The third-order valence-electron chi connectivity index (χ3n) is 2.92. The van der Waals surface area contributed by atoms with E-state index in [1.54, 1.807) is 0 Å². The van der Waals surface area contributed by atoms with Gasteiger partial charge in [-0.15, -0.1) is 0 Å². The third-order valence-corrected chi connectivity index (χ3v) is 2.92. The van der Waals surface area contributed by atoms with Crippen LogP contribution in [0.1, 0.15) is 12.0 Å². The molecule has 0 radical (unpaired) electrons. The third kappa shape index (κ3) is 3.83. The van der Waals surface area contributed by atoms with Crippen molar-refractivity contribution in [3.63, 3.8) is 0 Å². The largest absolute Gasteiger partial charge is 0.395 e. The summed E-state index contributed by atoms with van der Waals surface area (Å²) in [5.41, 5.74) is 2.50. The Morgan fingerprint density at radius 2 is 1.94 bits per heavy atom. The Bertz CT molecular complexity index is 293. The Hall–Kier alpha value is -1.06. The molecule has 0 bridgehead atoms. The highest BCUT2D eigenvalue weighted by Gasteiger charge is 2.06. The Labute approximate surface area is 98.1 Å². The molecule has 0 amide bonds. The Kier molecular flexibility index (Phi) is 5.29. The van der Waals surface area contributed by atoms with Gasteiger partial charge < -0.3 is 15.3 Å². The molecule has 3 heteroatoms. The number of benzene rings is 1. The number of rotatable bonds is 6. The molecule has 0 spiro atoms. The summed E-state index contributed by atoms with van der Waals surface area (Å²) < 4.78 is 0. The number of likely N-dealkylation sites (N-methyl/N-ethyl adjacent to an activating group) is 1. The van der Waals surface area contributed by atoms with E-state index >= 15 is 0 Å². The quantitative estimate of drug-likeness (QED) is 0.764. The summed E-state index contributed by atoms with van der Waals surface area (Å²) in [4.78, 5) is 2.21. The summed E-state index contributed by atoms with van der Waals surface area (Å²) in [6, 6.07) is 8.68. The van der Waals surface area contributed by atoms with Gasteiger partial charge in [-0.3, -0.25) is 0 Å². The zero-order valence-corrected chi connectivity index (χ0v) is 10.4. The van der Waals surface area contributed by atoms with E-state index in [0.29, 0.717) is 0 Å². The van der Waals surface area contributed by atoms with Crippen LogP contribution >= 0.6 is 0 Å². The highest BCUT2D eigenvalue weighted by molar-refractivity contribution is 5.46. The first-order valence-electron chi connectivity index (χ1n) is 5.73. The van der Waals surface area contributed by atoms with Crippen LogP contribution in [-0.2, 0) is 0 Å². The summed E-state index contributed by atoms with van der Waals surface area (Å²) in [5.74, 6) is 0. The van der Waals surface area contributed by atoms with E-state index < -0.39 is 0 Å². The molecule has 0 heterocycles. The number of anilines is 1.